The summed E-state index contributed by atoms with van der Waals surface area (Å²) in [6.45, 7) is 3.30. The first kappa shape index (κ1) is 8.68. The molecular formula is C8H15NO2. The van der Waals surface area contributed by atoms with E-state index in [9.17, 15) is 4.79 Å². The van der Waals surface area contributed by atoms with Crippen LogP contribution in [-0.2, 0) is 9.53 Å². The molecule has 0 bridgehead atoms. The van der Waals surface area contributed by atoms with Crippen LogP contribution < -0.4 is 5.73 Å². The molecule has 0 aromatic heterocycles. The second-order valence-electron chi connectivity index (χ2n) is 3.20. The van der Waals surface area contributed by atoms with E-state index < -0.39 is 0 Å². The number of hydrogen-bond acceptors (Lipinski definition) is 3. The molecule has 0 aromatic carbocycles. The first-order valence-corrected chi connectivity index (χ1v) is 4.00. The Morgan fingerprint density at radius 1 is 1.73 bits per heavy atom. The van der Waals surface area contributed by atoms with E-state index in [1.165, 1.54) is 0 Å². The summed E-state index contributed by atoms with van der Waals surface area (Å²) >= 11 is 0. The highest BCUT2D eigenvalue weighted by Crippen LogP contribution is 2.27. The number of ether oxygens (including phenoxy) is 1. The molecule has 1 aliphatic heterocycles. The molecule has 11 heavy (non-hydrogen) atoms. The van der Waals surface area contributed by atoms with Crippen molar-refractivity contribution in [3.05, 3.63) is 0 Å². The van der Waals surface area contributed by atoms with E-state index in [1.54, 1.807) is 6.92 Å². The minimum Gasteiger partial charge on any atom is -0.380 e. The zero-order valence-electron chi connectivity index (χ0n) is 6.93. The second kappa shape index (κ2) is 3.32. The summed E-state index contributed by atoms with van der Waals surface area (Å²) in [6.07, 6.45) is 1.84. The van der Waals surface area contributed by atoms with Gasteiger partial charge in [0.15, 0.2) is 0 Å². The minimum atomic E-state index is -0.363. The lowest BCUT2D eigenvalue weighted by molar-refractivity contribution is -0.133. The normalized spacial score (nSPS) is 31.8. The second-order valence-corrected chi connectivity index (χ2v) is 3.20. The predicted molar refractivity (Wildman–Crippen MR) is 42.2 cm³/mol. The maximum absolute atomic E-state index is 11.2. The summed E-state index contributed by atoms with van der Waals surface area (Å²) in [5.74, 6) is 0.166. The summed E-state index contributed by atoms with van der Waals surface area (Å²) in [5, 5.41) is 0. The van der Waals surface area contributed by atoms with Crippen LogP contribution in [0.3, 0.4) is 0 Å². The molecule has 0 saturated carbocycles. The van der Waals surface area contributed by atoms with Gasteiger partial charge in [0.25, 0.3) is 0 Å². The van der Waals surface area contributed by atoms with Crippen LogP contribution in [0.25, 0.3) is 0 Å². The highest BCUT2D eigenvalue weighted by molar-refractivity contribution is 5.82. The average molecular weight is 157 g/mol. The SMILES string of the molecule is CC(=O)C1(CN)CCCOC1. The van der Waals surface area contributed by atoms with Crippen LogP contribution in [0.2, 0.25) is 0 Å². The van der Waals surface area contributed by atoms with Gasteiger partial charge in [-0.2, -0.15) is 0 Å². The van der Waals surface area contributed by atoms with Gasteiger partial charge in [-0.1, -0.05) is 0 Å². The van der Waals surface area contributed by atoms with E-state index >= 15 is 0 Å². The van der Waals surface area contributed by atoms with Crippen molar-refractivity contribution in [2.75, 3.05) is 19.8 Å². The highest BCUT2D eigenvalue weighted by atomic mass is 16.5. The molecule has 0 aromatic rings. The van der Waals surface area contributed by atoms with Gasteiger partial charge in [-0.05, 0) is 19.8 Å². The van der Waals surface area contributed by atoms with Crippen molar-refractivity contribution in [1.29, 1.82) is 0 Å². The van der Waals surface area contributed by atoms with Crippen molar-refractivity contribution in [2.24, 2.45) is 11.1 Å². The zero-order valence-corrected chi connectivity index (χ0v) is 6.93. The lowest BCUT2D eigenvalue weighted by atomic mass is 9.79. The molecule has 0 amide bonds. The summed E-state index contributed by atoms with van der Waals surface area (Å²) in [5.41, 5.74) is 5.18. The number of hydrogen-bond donors (Lipinski definition) is 1. The van der Waals surface area contributed by atoms with E-state index in [0.29, 0.717) is 13.2 Å². The molecule has 3 heteroatoms. The first-order valence-electron chi connectivity index (χ1n) is 4.00. The molecule has 0 aliphatic carbocycles. The molecule has 1 fully saturated rings. The van der Waals surface area contributed by atoms with Gasteiger partial charge < -0.3 is 10.5 Å². The van der Waals surface area contributed by atoms with Crippen molar-refractivity contribution in [3.8, 4) is 0 Å². The van der Waals surface area contributed by atoms with Crippen LogP contribution >= 0.6 is 0 Å². The van der Waals surface area contributed by atoms with E-state index in [2.05, 4.69) is 0 Å². The molecule has 1 saturated heterocycles. The number of carbonyl (C=O) groups is 1. The molecular weight excluding hydrogens is 142 g/mol. The van der Waals surface area contributed by atoms with Crippen molar-refractivity contribution >= 4 is 5.78 Å². The standard InChI is InChI=1S/C8H15NO2/c1-7(10)8(5-9)3-2-4-11-6-8/h2-6,9H2,1H3. The summed E-state index contributed by atoms with van der Waals surface area (Å²) in [6, 6.07) is 0. The van der Waals surface area contributed by atoms with Crippen LogP contribution in [0.4, 0.5) is 0 Å². The Morgan fingerprint density at radius 3 is 2.73 bits per heavy atom. The zero-order chi connectivity index (χ0) is 8.32. The van der Waals surface area contributed by atoms with Crippen LogP contribution in [-0.4, -0.2) is 25.5 Å². The summed E-state index contributed by atoms with van der Waals surface area (Å²) in [4.78, 5) is 11.2. The smallest absolute Gasteiger partial charge is 0.139 e. The van der Waals surface area contributed by atoms with Gasteiger partial charge in [-0.15, -0.1) is 0 Å². The van der Waals surface area contributed by atoms with Crippen molar-refractivity contribution in [1.82, 2.24) is 0 Å². The number of Topliss-reactive ketones (excluding diaryl/α,β-unsaturated/α-hetero) is 1. The highest BCUT2D eigenvalue weighted by Gasteiger charge is 2.35. The van der Waals surface area contributed by atoms with E-state index in [-0.39, 0.29) is 11.2 Å². The summed E-state index contributed by atoms with van der Waals surface area (Å²) < 4.78 is 5.24. The maximum atomic E-state index is 11.2. The molecule has 1 heterocycles. The van der Waals surface area contributed by atoms with Crippen LogP contribution in [0.1, 0.15) is 19.8 Å². The van der Waals surface area contributed by atoms with Gasteiger partial charge in [-0.25, -0.2) is 0 Å². The molecule has 1 atom stereocenters. The van der Waals surface area contributed by atoms with Crippen molar-refractivity contribution in [3.63, 3.8) is 0 Å². The molecule has 1 unspecified atom stereocenters. The Hall–Kier alpha value is -0.410. The number of rotatable bonds is 2. The van der Waals surface area contributed by atoms with E-state index in [1.807, 2.05) is 0 Å². The Labute approximate surface area is 66.9 Å². The first-order chi connectivity index (χ1) is 5.21. The molecule has 2 N–H and O–H groups in total. The van der Waals surface area contributed by atoms with Gasteiger partial charge in [0.05, 0.1) is 12.0 Å². The minimum absolute atomic E-state index is 0.166. The third-order valence-corrected chi connectivity index (χ3v) is 2.46. The van der Waals surface area contributed by atoms with Crippen LogP contribution in [0.5, 0.6) is 0 Å². The average Bonchev–Trinajstić information content (AvgIpc) is 2.05. The quantitative estimate of drug-likeness (QED) is 0.628. The van der Waals surface area contributed by atoms with E-state index in [4.69, 9.17) is 10.5 Å². The molecule has 1 aliphatic rings. The van der Waals surface area contributed by atoms with Gasteiger partial charge in [-0.3, -0.25) is 4.79 Å². The van der Waals surface area contributed by atoms with Gasteiger partial charge >= 0.3 is 0 Å². The van der Waals surface area contributed by atoms with Crippen molar-refractivity contribution < 1.29 is 9.53 Å². The monoisotopic (exact) mass is 157 g/mol. The maximum Gasteiger partial charge on any atom is 0.139 e. The lowest BCUT2D eigenvalue weighted by Crippen LogP contribution is -2.44. The molecule has 64 valence electrons. The Morgan fingerprint density at radius 2 is 2.45 bits per heavy atom. The fraction of sp³-hybridized carbons (Fsp3) is 0.875. The Kier molecular flexibility index (Phi) is 2.62. The van der Waals surface area contributed by atoms with E-state index in [0.717, 1.165) is 19.4 Å². The predicted octanol–water partition coefficient (Wildman–Crippen LogP) is 0.331. The third-order valence-electron chi connectivity index (χ3n) is 2.46. The molecule has 0 radical (unpaired) electrons. The molecule has 3 nitrogen and oxygen atoms in total. The van der Waals surface area contributed by atoms with Crippen molar-refractivity contribution in [2.45, 2.75) is 19.8 Å². The molecule has 1 rings (SSSR count). The Balaban J connectivity index is 2.64. The Bertz CT molecular complexity index is 150. The van der Waals surface area contributed by atoms with Gasteiger partial charge in [0.2, 0.25) is 0 Å². The van der Waals surface area contributed by atoms with Gasteiger partial charge in [0, 0.05) is 13.2 Å². The number of ketones is 1. The third kappa shape index (κ3) is 1.60. The topological polar surface area (TPSA) is 52.3 Å². The number of carbonyl (C=O) groups excluding carboxylic acids is 1. The summed E-state index contributed by atoms with van der Waals surface area (Å²) in [7, 11) is 0. The lowest BCUT2D eigenvalue weighted by Gasteiger charge is -2.33. The fourth-order valence-electron chi connectivity index (χ4n) is 1.43. The molecule has 0 spiro atoms. The fourth-order valence-corrected chi connectivity index (χ4v) is 1.43. The van der Waals surface area contributed by atoms with Gasteiger partial charge in [0.1, 0.15) is 5.78 Å². The van der Waals surface area contributed by atoms with Crippen LogP contribution in [0.15, 0.2) is 0 Å². The van der Waals surface area contributed by atoms with Crippen LogP contribution in [0, 0.1) is 5.41 Å². The number of nitrogens with two attached hydrogens (primary N) is 1. The largest absolute Gasteiger partial charge is 0.380 e.